The summed E-state index contributed by atoms with van der Waals surface area (Å²) in [5.74, 6) is -0.105. The van der Waals surface area contributed by atoms with Gasteiger partial charge in [0.15, 0.2) is 0 Å². The molecule has 102 valence electrons. The van der Waals surface area contributed by atoms with Crippen LogP contribution in [0.25, 0.3) is 0 Å². The highest BCUT2D eigenvalue weighted by molar-refractivity contribution is 5.17. The van der Waals surface area contributed by atoms with E-state index < -0.39 is 0 Å². The van der Waals surface area contributed by atoms with Crippen molar-refractivity contribution in [1.82, 2.24) is 9.78 Å². The standard InChI is InChI=1S/C15H19FN2O/c1-11-7-15(18(2)17-11)9-13(10-19)8-12-3-5-14(16)6-4-12/h3-7,13,19H,8-10H2,1-2H3. The van der Waals surface area contributed by atoms with Gasteiger partial charge in [-0.25, -0.2) is 4.39 Å². The largest absolute Gasteiger partial charge is 0.396 e. The van der Waals surface area contributed by atoms with Gasteiger partial charge in [-0.2, -0.15) is 5.10 Å². The molecule has 0 aliphatic carbocycles. The van der Waals surface area contributed by atoms with Crippen LogP contribution in [-0.4, -0.2) is 21.5 Å². The lowest BCUT2D eigenvalue weighted by molar-refractivity contribution is 0.223. The Hall–Kier alpha value is -1.68. The van der Waals surface area contributed by atoms with Gasteiger partial charge in [0.25, 0.3) is 0 Å². The molecule has 1 atom stereocenters. The van der Waals surface area contributed by atoms with Crippen LogP contribution >= 0.6 is 0 Å². The molecule has 1 heterocycles. The summed E-state index contributed by atoms with van der Waals surface area (Å²) in [6.07, 6.45) is 1.51. The second-order valence-corrected chi connectivity index (χ2v) is 4.98. The van der Waals surface area contributed by atoms with Gasteiger partial charge in [0.1, 0.15) is 5.82 Å². The third-order valence-electron chi connectivity index (χ3n) is 3.29. The number of hydrogen-bond acceptors (Lipinski definition) is 2. The highest BCUT2D eigenvalue weighted by Crippen LogP contribution is 2.15. The van der Waals surface area contributed by atoms with Crippen LogP contribution in [0.4, 0.5) is 4.39 Å². The molecule has 4 heteroatoms. The second-order valence-electron chi connectivity index (χ2n) is 4.98. The lowest BCUT2D eigenvalue weighted by Crippen LogP contribution is -2.15. The Labute approximate surface area is 112 Å². The number of benzene rings is 1. The van der Waals surface area contributed by atoms with E-state index in [9.17, 15) is 9.50 Å². The average molecular weight is 262 g/mol. The van der Waals surface area contributed by atoms with Gasteiger partial charge in [0.2, 0.25) is 0 Å². The molecule has 0 saturated carbocycles. The number of aryl methyl sites for hydroxylation is 2. The van der Waals surface area contributed by atoms with Crippen molar-refractivity contribution in [2.45, 2.75) is 19.8 Å². The van der Waals surface area contributed by atoms with Gasteiger partial charge in [-0.05, 0) is 49.4 Å². The van der Waals surface area contributed by atoms with Crippen LogP contribution in [0.2, 0.25) is 0 Å². The van der Waals surface area contributed by atoms with E-state index in [1.165, 1.54) is 12.1 Å². The first-order valence-corrected chi connectivity index (χ1v) is 6.43. The Morgan fingerprint density at radius 2 is 1.95 bits per heavy atom. The lowest BCUT2D eigenvalue weighted by atomic mass is 9.95. The molecular weight excluding hydrogens is 243 g/mol. The van der Waals surface area contributed by atoms with Crippen molar-refractivity contribution in [2.24, 2.45) is 13.0 Å². The van der Waals surface area contributed by atoms with E-state index in [1.807, 2.05) is 24.7 Å². The SMILES string of the molecule is Cc1cc(CC(CO)Cc2ccc(F)cc2)n(C)n1. The smallest absolute Gasteiger partial charge is 0.123 e. The van der Waals surface area contributed by atoms with Gasteiger partial charge in [0.05, 0.1) is 5.69 Å². The summed E-state index contributed by atoms with van der Waals surface area (Å²) in [5, 5.41) is 13.8. The van der Waals surface area contributed by atoms with E-state index in [2.05, 4.69) is 5.10 Å². The molecule has 0 radical (unpaired) electrons. The first-order chi connectivity index (χ1) is 9.08. The molecule has 19 heavy (non-hydrogen) atoms. The third-order valence-corrected chi connectivity index (χ3v) is 3.29. The number of rotatable bonds is 5. The summed E-state index contributed by atoms with van der Waals surface area (Å²) in [4.78, 5) is 0. The van der Waals surface area contributed by atoms with Crippen LogP contribution in [0.5, 0.6) is 0 Å². The fourth-order valence-electron chi connectivity index (χ4n) is 2.31. The molecule has 0 amide bonds. The predicted molar refractivity (Wildman–Crippen MR) is 72.3 cm³/mol. The van der Waals surface area contributed by atoms with Crippen molar-refractivity contribution >= 4 is 0 Å². The van der Waals surface area contributed by atoms with Gasteiger partial charge in [-0.15, -0.1) is 0 Å². The average Bonchev–Trinajstić information content (AvgIpc) is 2.69. The van der Waals surface area contributed by atoms with Crippen molar-refractivity contribution < 1.29 is 9.50 Å². The summed E-state index contributed by atoms with van der Waals surface area (Å²) in [5.41, 5.74) is 3.13. The minimum atomic E-state index is -0.230. The maximum atomic E-state index is 12.8. The van der Waals surface area contributed by atoms with E-state index in [0.29, 0.717) is 0 Å². The Kier molecular flexibility index (Phi) is 4.32. The molecule has 0 spiro atoms. The number of aliphatic hydroxyl groups excluding tert-OH is 1. The molecule has 0 saturated heterocycles. The third kappa shape index (κ3) is 3.64. The molecule has 2 rings (SSSR count). The number of hydrogen-bond donors (Lipinski definition) is 1. The van der Waals surface area contributed by atoms with E-state index in [-0.39, 0.29) is 18.3 Å². The van der Waals surface area contributed by atoms with E-state index >= 15 is 0 Å². The number of aliphatic hydroxyl groups is 1. The minimum Gasteiger partial charge on any atom is -0.396 e. The molecule has 0 bridgehead atoms. The number of aromatic nitrogens is 2. The molecule has 2 aromatic rings. The van der Waals surface area contributed by atoms with Crippen LogP contribution in [0.15, 0.2) is 30.3 Å². The Morgan fingerprint density at radius 1 is 1.26 bits per heavy atom. The summed E-state index contributed by atoms with van der Waals surface area (Å²) < 4.78 is 14.7. The van der Waals surface area contributed by atoms with Crippen LogP contribution < -0.4 is 0 Å². The fraction of sp³-hybridized carbons (Fsp3) is 0.400. The fourth-order valence-corrected chi connectivity index (χ4v) is 2.31. The molecule has 0 fully saturated rings. The van der Waals surface area contributed by atoms with Crippen LogP contribution in [-0.2, 0) is 19.9 Å². The van der Waals surface area contributed by atoms with Gasteiger partial charge in [-0.3, -0.25) is 4.68 Å². The molecule has 1 N–H and O–H groups in total. The van der Waals surface area contributed by atoms with Crippen LogP contribution in [0.1, 0.15) is 17.0 Å². The highest BCUT2D eigenvalue weighted by Gasteiger charge is 2.13. The van der Waals surface area contributed by atoms with Gasteiger partial charge >= 0.3 is 0 Å². The van der Waals surface area contributed by atoms with Crippen LogP contribution in [0, 0.1) is 18.7 Å². The molecule has 1 unspecified atom stereocenters. The quantitative estimate of drug-likeness (QED) is 0.897. The predicted octanol–water partition coefficient (Wildman–Crippen LogP) is 2.26. The summed E-state index contributed by atoms with van der Waals surface area (Å²) in [6.45, 7) is 2.07. The first kappa shape index (κ1) is 13.7. The summed E-state index contributed by atoms with van der Waals surface area (Å²) in [6, 6.07) is 8.49. The maximum Gasteiger partial charge on any atom is 0.123 e. The maximum absolute atomic E-state index is 12.8. The number of halogens is 1. The van der Waals surface area contributed by atoms with E-state index in [0.717, 1.165) is 29.8 Å². The van der Waals surface area contributed by atoms with E-state index in [4.69, 9.17) is 0 Å². The molecule has 1 aromatic heterocycles. The Morgan fingerprint density at radius 3 is 2.47 bits per heavy atom. The normalized spacial score (nSPS) is 12.6. The number of nitrogens with zero attached hydrogens (tertiary/aromatic N) is 2. The molecule has 3 nitrogen and oxygen atoms in total. The zero-order valence-electron chi connectivity index (χ0n) is 11.3. The Bertz CT molecular complexity index is 534. The lowest BCUT2D eigenvalue weighted by Gasteiger charge is -2.14. The summed E-state index contributed by atoms with van der Waals surface area (Å²) in [7, 11) is 1.91. The van der Waals surface area contributed by atoms with Crippen molar-refractivity contribution in [3.63, 3.8) is 0 Å². The Balaban J connectivity index is 2.04. The van der Waals surface area contributed by atoms with Crippen molar-refractivity contribution in [1.29, 1.82) is 0 Å². The van der Waals surface area contributed by atoms with Gasteiger partial charge in [-0.1, -0.05) is 12.1 Å². The minimum absolute atomic E-state index is 0.113. The van der Waals surface area contributed by atoms with Crippen molar-refractivity contribution in [3.8, 4) is 0 Å². The topological polar surface area (TPSA) is 38.0 Å². The summed E-state index contributed by atoms with van der Waals surface area (Å²) >= 11 is 0. The molecule has 0 aliphatic rings. The molecule has 0 aliphatic heterocycles. The van der Waals surface area contributed by atoms with Crippen molar-refractivity contribution in [2.75, 3.05) is 6.61 Å². The zero-order chi connectivity index (χ0) is 13.8. The van der Waals surface area contributed by atoms with Gasteiger partial charge < -0.3 is 5.11 Å². The van der Waals surface area contributed by atoms with Gasteiger partial charge in [0, 0.05) is 19.3 Å². The molecule has 1 aromatic carbocycles. The zero-order valence-corrected chi connectivity index (χ0v) is 11.3. The van der Waals surface area contributed by atoms with E-state index in [1.54, 1.807) is 12.1 Å². The second kappa shape index (κ2) is 5.97. The highest BCUT2D eigenvalue weighted by atomic mass is 19.1. The monoisotopic (exact) mass is 262 g/mol. The first-order valence-electron chi connectivity index (χ1n) is 6.43. The van der Waals surface area contributed by atoms with Crippen LogP contribution in [0.3, 0.4) is 0 Å². The molecular formula is C15H19FN2O. The van der Waals surface area contributed by atoms with Crippen molar-refractivity contribution in [3.05, 3.63) is 53.1 Å².